The highest BCUT2D eigenvalue weighted by atomic mass is 79.9. The average Bonchev–Trinajstić information content (AvgIpc) is 3.30. The van der Waals surface area contributed by atoms with E-state index in [2.05, 4.69) is 31.9 Å². The van der Waals surface area contributed by atoms with Gasteiger partial charge >= 0.3 is 5.97 Å². The Kier molecular flexibility index (Phi) is 3.10. The number of esters is 1. The van der Waals surface area contributed by atoms with Gasteiger partial charge in [0.1, 0.15) is 4.32 Å². The fourth-order valence-electron chi connectivity index (χ4n) is 4.27. The van der Waals surface area contributed by atoms with Crippen molar-refractivity contribution in [1.29, 1.82) is 0 Å². The summed E-state index contributed by atoms with van der Waals surface area (Å²) in [5, 5.41) is 0. The third-order valence-electron chi connectivity index (χ3n) is 5.39. The molecule has 0 aromatic heterocycles. The van der Waals surface area contributed by atoms with Crippen LogP contribution in [-0.4, -0.2) is 46.1 Å². The molecular formula is C14H18Br2O4. The molecule has 2 heterocycles. The van der Waals surface area contributed by atoms with E-state index in [0.717, 1.165) is 32.1 Å². The first-order chi connectivity index (χ1) is 9.48. The Bertz CT molecular complexity index is 458. The first-order valence-corrected chi connectivity index (χ1v) is 8.84. The summed E-state index contributed by atoms with van der Waals surface area (Å²) in [6, 6.07) is 0. The zero-order valence-corrected chi connectivity index (χ0v) is 14.5. The van der Waals surface area contributed by atoms with Crippen molar-refractivity contribution in [1.82, 2.24) is 0 Å². The van der Waals surface area contributed by atoms with Gasteiger partial charge in [-0.3, -0.25) is 4.79 Å². The summed E-state index contributed by atoms with van der Waals surface area (Å²) in [6.07, 6.45) is 6.03. The fraction of sp³-hybridized carbons (Fsp3) is 0.929. The van der Waals surface area contributed by atoms with Crippen LogP contribution in [0.25, 0.3) is 0 Å². The SMILES string of the molecule is COC(=O)C1(Br)CCC2OC2C1C1(Br)CCC2OC2C1. The van der Waals surface area contributed by atoms with Crippen molar-refractivity contribution in [3.63, 3.8) is 0 Å². The van der Waals surface area contributed by atoms with E-state index in [1.54, 1.807) is 0 Å². The number of carbonyl (C=O) groups excluding carboxylic acids is 1. The first-order valence-electron chi connectivity index (χ1n) is 7.25. The molecule has 2 aliphatic heterocycles. The van der Waals surface area contributed by atoms with Crippen LogP contribution in [0.1, 0.15) is 32.1 Å². The van der Waals surface area contributed by atoms with Crippen LogP contribution in [0, 0.1) is 5.92 Å². The van der Waals surface area contributed by atoms with E-state index in [0.29, 0.717) is 18.3 Å². The minimum atomic E-state index is -0.634. The Balaban J connectivity index is 1.66. The number of hydrogen-bond acceptors (Lipinski definition) is 4. The number of epoxide rings is 2. The van der Waals surface area contributed by atoms with Gasteiger partial charge in [-0.1, -0.05) is 31.9 Å². The molecule has 7 unspecified atom stereocenters. The van der Waals surface area contributed by atoms with Crippen molar-refractivity contribution in [2.75, 3.05) is 7.11 Å². The largest absolute Gasteiger partial charge is 0.468 e. The van der Waals surface area contributed by atoms with Crippen molar-refractivity contribution >= 4 is 37.8 Å². The van der Waals surface area contributed by atoms with E-state index in [-0.39, 0.29) is 22.3 Å². The number of fused-ring (bicyclic) bond motifs is 2. The van der Waals surface area contributed by atoms with Crippen LogP contribution in [0.15, 0.2) is 0 Å². The smallest absolute Gasteiger partial charge is 0.323 e. The molecule has 4 rings (SSSR count). The van der Waals surface area contributed by atoms with Gasteiger partial charge in [-0.05, 0) is 32.1 Å². The van der Waals surface area contributed by atoms with Crippen molar-refractivity contribution in [2.24, 2.45) is 5.92 Å². The van der Waals surface area contributed by atoms with Gasteiger partial charge in [0.2, 0.25) is 0 Å². The molecule has 0 bridgehead atoms. The quantitative estimate of drug-likeness (QED) is 0.399. The van der Waals surface area contributed by atoms with Gasteiger partial charge in [-0.2, -0.15) is 0 Å². The molecule has 0 aromatic rings. The van der Waals surface area contributed by atoms with Gasteiger partial charge in [-0.15, -0.1) is 0 Å². The Labute approximate surface area is 135 Å². The third-order valence-corrected chi connectivity index (χ3v) is 7.82. The van der Waals surface area contributed by atoms with E-state index in [1.165, 1.54) is 7.11 Å². The lowest BCUT2D eigenvalue weighted by Gasteiger charge is -2.46. The lowest BCUT2D eigenvalue weighted by Crippen LogP contribution is -2.56. The highest BCUT2D eigenvalue weighted by molar-refractivity contribution is 9.10. The van der Waals surface area contributed by atoms with Crippen LogP contribution >= 0.6 is 31.9 Å². The molecule has 4 fully saturated rings. The van der Waals surface area contributed by atoms with Gasteiger partial charge < -0.3 is 14.2 Å². The van der Waals surface area contributed by atoms with Crippen LogP contribution in [0.3, 0.4) is 0 Å². The second-order valence-corrected chi connectivity index (χ2v) is 9.49. The third kappa shape index (κ3) is 1.94. The maximum Gasteiger partial charge on any atom is 0.323 e. The Hall–Kier alpha value is 0.350. The van der Waals surface area contributed by atoms with E-state index in [1.807, 2.05) is 0 Å². The van der Waals surface area contributed by atoms with E-state index in [9.17, 15) is 4.79 Å². The molecule has 2 saturated heterocycles. The predicted octanol–water partition coefficient (Wildman–Crippen LogP) is 2.56. The number of ether oxygens (including phenoxy) is 3. The minimum absolute atomic E-state index is 0.0950. The van der Waals surface area contributed by atoms with E-state index < -0.39 is 4.32 Å². The van der Waals surface area contributed by atoms with Crippen molar-refractivity contribution in [2.45, 2.75) is 65.2 Å². The molecule has 0 amide bonds. The Morgan fingerprint density at radius 2 is 1.90 bits per heavy atom. The highest BCUT2D eigenvalue weighted by Gasteiger charge is 2.68. The van der Waals surface area contributed by atoms with Crippen LogP contribution in [0.4, 0.5) is 0 Å². The molecule has 4 nitrogen and oxygen atoms in total. The summed E-state index contributed by atoms with van der Waals surface area (Å²) >= 11 is 7.70. The van der Waals surface area contributed by atoms with Crippen LogP contribution in [0.5, 0.6) is 0 Å². The second-order valence-electron chi connectivity index (χ2n) is 6.50. The summed E-state index contributed by atoms with van der Waals surface area (Å²) in [6.45, 7) is 0. The van der Waals surface area contributed by atoms with Gasteiger partial charge in [0.15, 0.2) is 0 Å². The number of methoxy groups -OCH3 is 1. The maximum atomic E-state index is 12.4. The van der Waals surface area contributed by atoms with Crippen molar-refractivity contribution in [3.8, 4) is 0 Å². The Morgan fingerprint density at radius 3 is 2.60 bits per heavy atom. The van der Waals surface area contributed by atoms with E-state index in [4.69, 9.17) is 14.2 Å². The molecule has 6 heteroatoms. The van der Waals surface area contributed by atoms with Crippen molar-refractivity contribution < 1.29 is 19.0 Å². The standard InChI is InChI=1S/C14H18Br2O4/c1-18-12(17)14(16)5-3-8-10(20-8)11(14)13(15)4-2-7-9(6-13)19-7/h7-11H,2-6H2,1H3. The lowest BCUT2D eigenvalue weighted by atomic mass is 9.67. The predicted molar refractivity (Wildman–Crippen MR) is 79.2 cm³/mol. The molecule has 0 aromatic carbocycles. The van der Waals surface area contributed by atoms with Crippen LogP contribution < -0.4 is 0 Å². The zero-order chi connectivity index (χ0) is 14.1. The highest BCUT2D eigenvalue weighted by Crippen LogP contribution is 2.61. The maximum absolute atomic E-state index is 12.4. The summed E-state index contributed by atoms with van der Waals surface area (Å²) in [5.41, 5.74) is 0. The normalized spacial score (nSPS) is 56.5. The zero-order valence-electron chi connectivity index (χ0n) is 11.3. The fourth-order valence-corrected chi connectivity index (χ4v) is 6.86. The van der Waals surface area contributed by atoms with Crippen LogP contribution in [-0.2, 0) is 19.0 Å². The summed E-state index contributed by atoms with van der Waals surface area (Å²) in [5.74, 6) is -0.0690. The molecule has 4 aliphatic rings. The van der Waals surface area contributed by atoms with Gasteiger partial charge in [0.05, 0.1) is 31.5 Å². The van der Waals surface area contributed by atoms with Gasteiger partial charge in [0.25, 0.3) is 0 Å². The summed E-state index contributed by atoms with van der Waals surface area (Å²) < 4.78 is 15.8. The summed E-state index contributed by atoms with van der Waals surface area (Å²) in [4.78, 5) is 12.4. The summed E-state index contributed by atoms with van der Waals surface area (Å²) in [7, 11) is 1.46. The second kappa shape index (κ2) is 4.43. The topological polar surface area (TPSA) is 51.4 Å². The minimum Gasteiger partial charge on any atom is -0.468 e. The van der Waals surface area contributed by atoms with E-state index >= 15 is 0 Å². The molecule has 0 radical (unpaired) electrons. The Morgan fingerprint density at radius 1 is 1.15 bits per heavy atom. The molecule has 2 saturated carbocycles. The molecule has 2 aliphatic carbocycles. The van der Waals surface area contributed by atoms with Crippen molar-refractivity contribution in [3.05, 3.63) is 0 Å². The number of rotatable bonds is 2. The molecule has 20 heavy (non-hydrogen) atoms. The number of halogens is 2. The molecule has 0 spiro atoms. The first kappa shape index (κ1) is 14.0. The monoisotopic (exact) mass is 408 g/mol. The molecule has 7 atom stereocenters. The van der Waals surface area contributed by atoms with Gasteiger partial charge in [0, 0.05) is 10.2 Å². The molecular weight excluding hydrogens is 392 g/mol. The average molecular weight is 410 g/mol. The number of carbonyl (C=O) groups is 1. The lowest BCUT2D eigenvalue weighted by molar-refractivity contribution is -0.146. The number of alkyl halides is 2. The molecule has 0 N–H and O–H groups in total. The van der Waals surface area contributed by atoms with Gasteiger partial charge in [-0.25, -0.2) is 0 Å². The molecule has 112 valence electrons. The van der Waals surface area contributed by atoms with Crippen LogP contribution in [0.2, 0.25) is 0 Å². The number of hydrogen-bond donors (Lipinski definition) is 0.